The number of hydrogen-bond acceptors (Lipinski definition) is 5. The third kappa shape index (κ3) is 4.03. The van der Waals surface area contributed by atoms with Crippen molar-refractivity contribution in [1.29, 1.82) is 0 Å². The molecule has 0 radical (unpaired) electrons. The second-order valence-electron chi connectivity index (χ2n) is 6.37. The van der Waals surface area contributed by atoms with Gasteiger partial charge in [-0.15, -0.1) is 11.3 Å². The number of halogens is 1. The summed E-state index contributed by atoms with van der Waals surface area (Å²) >= 11 is 6.91. The number of benzene rings is 1. The van der Waals surface area contributed by atoms with Crippen LogP contribution < -0.4 is 5.32 Å². The SMILES string of the molecule is CC1CCCN(S(=O)(=O)c2csc(C(=O)Nc3cc(Cl)ccc3O)c2)C1. The van der Waals surface area contributed by atoms with Gasteiger partial charge in [0.25, 0.3) is 5.91 Å². The lowest BCUT2D eigenvalue weighted by molar-refractivity contribution is 0.103. The third-order valence-electron chi connectivity index (χ3n) is 4.26. The Labute approximate surface area is 161 Å². The monoisotopic (exact) mass is 414 g/mol. The van der Waals surface area contributed by atoms with Crippen molar-refractivity contribution in [1.82, 2.24) is 4.31 Å². The van der Waals surface area contributed by atoms with Gasteiger partial charge in [0.2, 0.25) is 10.0 Å². The highest BCUT2D eigenvalue weighted by Crippen LogP contribution is 2.29. The predicted octanol–water partition coefficient (Wildman–Crippen LogP) is 3.78. The Morgan fingerprint density at radius 2 is 2.15 bits per heavy atom. The zero-order valence-electron chi connectivity index (χ0n) is 14.1. The molecule has 1 aromatic carbocycles. The number of phenols is 1. The van der Waals surface area contributed by atoms with Crippen LogP contribution in [0.5, 0.6) is 5.75 Å². The third-order valence-corrected chi connectivity index (χ3v) is 7.42. The zero-order chi connectivity index (χ0) is 18.9. The molecule has 140 valence electrons. The molecule has 0 spiro atoms. The van der Waals surface area contributed by atoms with Crippen LogP contribution in [0.1, 0.15) is 29.4 Å². The molecule has 2 heterocycles. The number of thiophene rings is 1. The van der Waals surface area contributed by atoms with E-state index in [0.29, 0.717) is 24.0 Å². The molecule has 1 fully saturated rings. The van der Waals surface area contributed by atoms with Crippen LogP contribution in [0, 0.1) is 5.92 Å². The molecular weight excluding hydrogens is 396 g/mol. The van der Waals surface area contributed by atoms with Gasteiger partial charge in [-0.3, -0.25) is 4.79 Å². The van der Waals surface area contributed by atoms with Gasteiger partial charge in [-0.1, -0.05) is 18.5 Å². The summed E-state index contributed by atoms with van der Waals surface area (Å²) in [6.45, 7) is 3.03. The van der Waals surface area contributed by atoms with Crippen LogP contribution in [0.3, 0.4) is 0 Å². The molecule has 26 heavy (non-hydrogen) atoms. The van der Waals surface area contributed by atoms with E-state index in [1.807, 2.05) is 6.92 Å². The van der Waals surface area contributed by atoms with E-state index < -0.39 is 15.9 Å². The standard InChI is InChI=1S/C17H19ClN2O4S2/c1-11-3-2-6-20(9-11)26(23,24)13-8-16(25-10-13)17(22)19-14-7-12(18)4-5-15(14)21/h4-5,7-8,10-11,21H,2-3,6,9H2,1H3,(H,19,22). The lowest BCUT2D eigenvalue weighted by atomic mass is 10.0. The Hall–Kier alpha value is -1.61. The Balaban J connectivity index is 1.78. The van der Waals surface area contributed by atoms with Crippen molar-refractivity contribution in [2.75, 3.05) is 18.4 Å². The average molecular weight is 415 g/mol. The number of rotatable bonds is 4. The molecule has 1 aromatic heterocycles. The normalized spacial score (nSPS) is 18.6. The average Bonchev–Trinajstić information content (AvgIpc) is 3.09. The van der Waals surface area contributed by atoms with Gasteiger partial charge in [-0.2, -0.15) is 4.31 Å². The van der Waals surface area contributed by atoms with Crippen LogP contribution in [-0.2, 0) is 10.0 Å². The van der Waals surface area contributed by atoms with Crippen LogP contribution in [-0.4, -0.2) is 36.8 Å². The topological polar surface area (TPSA) is 86.7 Å². The zero-order valence-corrected chi connectivity index (χ0v) is 16.5. The summed E-state index contributed by atoms with van der Waals surface area (Å²) < 4.78 is 27.0. The van der Waals surface area contributed by atoms with Crippen molar-refractivity contribution in [3.8, 4) is 5.75 Å². The second-order valence-corrected chi connectivity index (χ2v) is 9.66. The Morgan fingerprint density at radius 1 is 1.38 bits per heavy atom. The van der Waals surface area contributed by atoms with Gasteiger partial charge < -0.3 is 10.4 Å². The van der Waals surface area contributed by atoms with Crippen molar-refractivity contribution in [2.45, 2.75) is 24.7 Å². The Bertz CT molecular complexity index is 927. The maximum Gasteiger partial charge on any atom is 0.265 e. The maximum absolute atomic E-state index is 12.8. The summed E-state index contributed by atoms with van der Waals surface area (Å²) in [6.07, 6.45) is 1.86. The largest absolute Gasteiger partial charge is 0.506 e. The van der Waals surface area contributed by atoms with Crippen molar-refractivity contribution in [3.05, 3.63) is 39.5 Å². The first-order valence-electron chi connectivity index (χ1n) is 8.16. The number of aromatic hydroxyl groups is 1. The number of hydrogen-bond donors (Lipinski definition) is 2. The van der Waals surface area contributed by atoms with E-state index in [0.717, 1.165) is 24.2 Å². The summed E-state index contributed by atoms with van der Waals surface area (Å²) in [4.78, 5) is 12.7. The fourth-order valence-electron chi connectivity index (χ4n) is 2.88. The number of amides is 1. The van der Waals surface area contributed by atoms with Crippen LogP contribution in [0.15, 0.2) is 34.5 Å². The quantitative estimate of drug-likeness (QED) is 0.745. The first-order valence-corrected chi connectivity index (χ1v) is 10.9. The molecule has 1 amide bonds. The molecule has 0 saturated carbocycles. The number of sulfonamides is 1. The number of nitrogens with zero attached hydrogens (tertiary/aromatic N) is 1. The fourth-order valence-corrected chi connectivity index (χ4v) is 5.81. The fraction of sp³-hybridized carbons (Fsp3) is 0.353. The molecule has 1 saturated heterocycles. The van der Waals surface area contributed by atoms with Crippen molar-refractivity contribution >= 4 is 44.6 Å². The van der Waals surface area contributed by atoms with E-state index in [1.165, 1.54) is 34.0 Å². The molecule has 2 aromatic rings. The van der Waals surface area contributed by atoms with Gasteiger partial charge >= 0.3 is 0 Å². The second kappa shape index (κ2) is 7.56. The molecule has 3 rings (SSSR count). The molecule has 6 nitrogen and oxygen atoms in total. The number of anilines is 1. The minimum atomic E-state index is -3.60. The van der Waals surface area contributed by atoms with Gasteiger partial charge in [-0.05, 0) is 43.0 Å². The lowest BCUT2D eigenvalue weighted by Crippen LogP contribution is -2.38. The van der Waals surface area contributed by atoms with Crippen LogP contribution in [0.25, 0.3) is 0 Å². The van der Waals surface area contributed by atoms with E-state index in [1.54, 1.807) is 0 Å². The smallest absolute Gasteiger partial charge is 0.265 e. The summed E-state index contributed by atoms with van der Waals surface area (Å²) in [5.41, 5.74) is 0.171. The number of nitrogens with one attached hydrogen (secondary N) is 1. The summed E-state index contributed by atoms with van der Waals surface area (Å²) in [5, 5.41) is 14.2. The highest BCUT2D eigenvalue weighted by atomic mass is 35.5. The highest BCUT2D eigenvalue weighted by Gasteiger charge is 2.30. The van der Waals surface area contributed by atoms with E-state index in [2.05, 4.69) is 5.32 Å². The number of carbonyl (C=O) groups is 1. The Morgan fingerprint density at radius 3 is 2.88 bits per heavy atom. The van der Waals surface area contributed by atoms with Gasteiger partial charge in [0.1, 0.15) is 5.75 Å². The first-order chi connectivity index (χ1) is 12.3. The van der Waals surface area contributed by atoms with E-state index >= 15 is 0 Å². The van der Waals surface area contributed by atoms with Crippen molar-refractivity contribution in [2.24, 2.45) is 5.92 Å². The van der Waals surface area contributed by atoms with E-state index in [4.69, 9.17) is 11.6 Å². The molecule has 0 aliphatic carbocycles. The van der Waals surface area contributed by atoms with Gasteiger partial charge in [0.15, 0.2) is 0 Å². The molecule has 1 aliphatic rings. The summed E-state index contributed by atoms with van der Waals surface area (Å²) in [6, 6.07) is 5.67. The van der Waals surface area contributed by atoms with E-state index in [9.17, 15) is 18.3 Å². The highest BCUT2D eigenvalue weighted by molar-refractivity contribution is 7.89. The van der Waals surface area contributed by atoms with Crippen LogP contribution >= 0.6 is 22.9 Å². The number of piperidine rings is 1. The molecule has 0 bridgehead atoms. The van der Waals surface area contributed by atoms with Crippen LogP contribution in [0.2, 0.25) is 5.02 Å². The lowest BCUT2D eigenvalue weighted by Gasteiger charge is -2.29. The predicted molar refractivity (Wildman–Crippen MR) is 103 cm³/mol. The molecule has 1 atom stereocenters. The molecule has 1 unspecified atom stereocenters. The van der Waals surface area contributed by atoms with Crippen molar-refractivity contribution < 1.29 is 18.3 Å². The van der Waals surface area contributed by atoms with Crippen molar-refractivity contribution in [3.63, 3.8) is 0 Å². The van der Waals surface area contributed by atoms with Gasteiger partial charge in [0, 0.05) is 23.5 Å². The number of phenolic OH excluding ortho intramolecular Hbond substituents is 1. The molecule has 9 heteroatoms. The summed E-state index contributed by atoms with van der Waals surface area (Å²) in [7, 11) is -3.60. The minimum Gasteiger partial charge on any atom is -0.506 e. The number of carbonyl (C=O) groups excluding carboxylic acids is 1. The molecule has 1 aliphatic heterocycles. The Kier molecular flexibility index (Phi) is 5.57. The summed E-state index contributed by atoms with van der Waals surface area (Å²) in [5.74, 6) is -0.291. The molecule has 2 N–H and O–H groups in total. The maximum atomic E-state index is 12.8. The minimum absolute atomic E-state index is 0.116. The van der Waals surface area contributed by atoms with E-state index in [-0.39, 0.29) is 21.2 Å². The molecular formula is C17H19ClN2O4S2. The first kappa shape index (κ1) is 19.2. The van der Waals surface area contributed by atoms with Gasteiger partial charge in [-0.25, -0.2) is 8.42 Å². The van der Waals surface area contributed by atoms with Crippen LogP contribution in [0.4, 0.5) is 5.69 Å². The van der Waals surface area contributed by atoms with Gasteiger partial charge in [0.05, 0.1) is 15.5 Å².